The molecule has 0 radical (unpaired) electrons. The molecule has 0 spiro atoms. The van der Waals surface area contributed by atoms with E-state index in [0.29, 0.717) is 32.1 Å². The van der Waals surface area contributed by atoms with E-state index in [1.165, 1.54) is 11.8 Å². The van der Waals surface area contributed by atoms with Gasteiger partial charge in [0.1, 0.15) is 11.1 Å². The zero-order valence-electron chi connectivity index (χ0n) is 20.9. The first-order valence-electron chi connectivity index (χ1n) is 12.2. The molecule has 9 nitrogen and oxygen atoms in total. The number of hydrogen-bond acceptors (Lipinski definition) is 7. The number of rotatable bonds is 11. The quantitative estimate of drug-likeness (QED) is 0.157. The number of benzene rings is 2. The van der Waals surface area contributed by atoms with Gasteiger partial charge in [0.15, 0.2) is 0 Å². The third-order valence-electron chi connectivity index (χ3n) is 6.13. The van der Waals surface area contributed by atoms with Gasteiger partial charge in [-0.25, -0.2) is 4.98 Å². The molecule has 2 aromatic heterocycles. The number of nitrogens with zero attached hydrogens (tertiary/aromatic N) is 1. The summed E-state index contributed by atoms with van der Waals surface area (Å²) < 4.78 is 0. The van der Waals surface area contributed by atoms with E-state index in [1.54, 1.807) is 18.3 Å². The smallest absolute Gasteiger partial charge is 0.243 e. The third kappa shape index (κ3) is 7.10. The van der Waals surface area contributed by atoms with E-state index in [9.17, 15) is 9.59 Å². The number of para-hydroxylation sites is 1. The zero-order valence-corrected chi connectivity index (χ0v) is 23.2. The van der Waals surface area contributed by atoms with Crippen LogP contribution in [0.3, 0.4) is 0 Å². The Labute approximate surface area is 240 Å². The lowest BCUT2D eigenvalue weighted by atomic mass is 10.0. The van der Waals surface area contributed by atoms with Gasteiger partial charge in [0.05, 0.1) is 11.1 Å². The number of halogens is 2. The summed E-state index contributed by atoms with van der Waals surface area (Å²) in [6.45, 7) is 0.371. The SMILES string of the molecule is NCc1cccnc1Sc1c(Cl)cc(Cl)cc1CNC(=O)[C@H](Cc1c[nH]c2ccccc12)NC(=O)[C@@H](N)CN. The molecule has 4 aromatic rings. The van der Waals surface area contributed by atoms with E-state index >= 15 is 0 Å². The summed E-state index contributed by atoms with van der Waals surface area (Å²) in [5.41, 5.74) is 20.6. The van der Waals surface area contributed by atoms with Gasteiger partial charge in [0, 0.05) is 59.3 Å². The van der Waals surface area contributed by atoms with Gasteiger partial charge < -0.3 is 32.8 Å². The molecule has 0 aliphatic carbocycles. The van der Waals surface area contributed by atoms with Gasteiger partial charge in [0.2, 0.25) is 11.8 Å². The Kier molecular flexibility index (Phi) is 9.84. The predicted molar refractivity (Wildman–Crippen MR) is 156 cm³/mol. The molecule has 0 saturated carbocycles. The molecule has 0 aliphatic rings. The van der Waals surface area contributed by atoms with Gasteiger partial charge in [0.25, 0.3) is 0 Å². The first kappa shape index (κ1) is 28.9. The van der Waals surface area contributed by atoms with Gasteiger partial charge >= 0.3 is 0 Å². The lowest BCUT2D eigenvalue weighted by molar-refractivity contribution is -0.129. The molecule has 2 aromatic carbocycles. The van der Waals surface area contributed by atoms with Crippen molar-refractivity contribution in [3.8, 4) is 0 Å². The number of fused-ring (bicyclic) bond motifs is 1. The van der Waals surface area contributed by atoms with Crippen molar-refractivity contribution in [1.29, 1.82) is 0 Å². The highest BCUT2D eigenvalue weighted by Crippen LogP contribution is 2.38. The number of hydrogen-bond donors (Lipinski definition) is 6. The van der Waals surface area contributed by atoms with Gasteiger partial charge in [-0.1, -0.05) is 59.2 Å². The van der Waals surface area contributed by atoms with Gasteiger partial charge in [-0.15, -0.1) is 0 Å². The Morgan fingerprint density at radius 3 is 2.59 bits per heavy atom. The number of H-pyrrole nitrogens is 1. The summed E-state index contributed by atoms with van der Waals surface area (Å²) in [6, 6.07) is 13.0. The molecule has 9 N–H and O–H groups in total. The number of amides is 2. The average molecular weight is 587 g/mol. The zero-order chi connectivity index (χ0) is 27.9. The maximum Gasteiger partial charge on any atom is 0.243 e. The average Bonchev–Trinajstić information content (AvgIpc) is 3.35. The number of aromatic amines is 1. The van der Waals surface area contributed by atoms with E-state index in [-0.39, 0.29) is 19.5 Å². The minimum atomic E-state index is -0.937. The summed E-state index contributed by atoms with van der Waals surface area (Å²) in [6.07, 6.45) is 3.74. The van der Waals surface area contributed by atoms with Crippen molar-refractivity contribution < 1.29 is 9.59 Å². The van der Waals surface area contributed by atoms with Crippen molar-refractivity contribution in [1.82, 2.24) is 20.6 Å². The number of carbonyl (C=O) groups is 2. The van der Waals surface area contributed by atoms with Crippen LogP contribution in [0.1, 0.15) is 16.7 Å². The summed E-state index contributed by atoms with van der Waals surface area (Å²) in [5, 5.41) is 8.17. The van der Waals surface area contributed by atoms with Crippen molar-refractivity contribution >= 4 is 57.7 Å². The van der Waals surface area contributed by atoms with Gasteiger partial charge in [-0.3, -0.25) is 9.59 Å². The highest BCUT2D eigenvalue weighted by molar-refractivity contribution is 7.99. The van der Waals surface area contributed by atoms with Crippen LogP contribution in [0.15, 0.2) is 70.8 Å². The maximum absolute atomic E-state index is 13.5. The van der Waals surface area contributed by atoms with Crippen LogP contribution in [0.5, 0.6) is 0 Å². The molecule has 12 heteroatoms. The van der Waals surface area contributed by atoms with Crippen molar-refractivity contribution in [3.63, 3.8) is 0 Å². The molecule has 2 heterocycles. The number of nitrogens with one attached hydrogen (secondary N) is 3. The molecule has 204 valence electrons. The summed E-state index contributed by atoms with van der Waals surface area (Å²) in [5.74, 6) is -0.908. The minimum absolute atomic E-state index is 0.0484. The maximum atomic E-state index is 13.5. The number of aromatic nitrogens is 2. The normalized spacial score (nSPS) is 12.7. The largest absolute Gasteiger partial charge is 0.361 e. The van der Waals surface area contributed by atoms with E-state index in [2.05, 4.69) is 20.6 Å². The molecule has 0 fully saturated rings. The molecule has 2 amide bonds. The van der Waals surface area contributed by atoms with E-state index in [4.69, 9.17) is 40.4 Å². The fourth-order valence-electron chi connectivity index (χ4n) is 4.05. The Balaban J connectivity index is 1.57. The molecule has 4 rings (SSSR count). The summed E-state index contributed by atoms with van der Waals surface area (Å²) >= 11 is 14.2. The van der Waals surface area contributed by atoms with Crippen LogP contribution in [0, 0.1) is 0 Å². The molecule has 0 unspecified atom stereocenters. The van der Waals surface area contributed by atoms with Crippen LogP contribution in [-0.2, 0) is 29.1 Å². The highest BCUT2D eigenvalue weighted by atomic mass is 35.5. The monoisotopic (exact) mass is 585 g/mol. The number of nitrogens with two attached hydrogens (primary N) is 3. The van der Waals surface area contributed by atoms with Crippen LogP contribution < -0.4 is 27.8 Å². The third-order valence-corrected chi connectivity index (χ3v) is 8.01. The lowest BCUT2D eigenvalue weighted by Crippen LogP contribution is -2.54. The van der Waals surface area contributed by atoms with Gasteiger partial charge in [-0.05, 0) is 41.0 Å². The molecule has 0 aliphatic heterocycles. The van der Waals surface area contributed by atoms with E-state index < -0.39 is 23.9 Å². The van der Waals surface area contributed by atoms with Crippen LogP contribution in [0.2, 0.25) is 10.0 Å². The Hall–Kier alpha value is -3.12. The van der Waals surface area contributed by atoms with Crippen molar-refractivity contribution in [2.45, 2.75) is 41.5 Å². The lowest BCUT2D eigenvalue weighted by Gasteiger charge is -2.21. The Morgan fingerprint density at radius 1 is 1.03 bits per heavy atom. The van der Waals surface area contributed by atoms with E-state index in [0.717, 1.165) is 22.0 Å². The van der Waals surface area contributed by atoms with Crippen molar-refractivity contribution in [2.75, 3.05) is 6.54 Å². The van der Waals surface area contributed by atoms with Crippen molar-refractivity contribution in [2.24, 2.45) is 17.2 Å². The highest BCUT2D eigenvalue weighted by Gasteiger charge is 2.25. The number of pyridine rings is 1. The first-order chi connectivity index (χ1) is 18.8. The fourth-order valence-corrected chi connectivity index (χ4v) is 5.71. The molecule has 0 saturated heterocycles. The second kappa shape index (κ2) is 13.3. The molecule has 0 bridgehead atoms. The topological polar surface area (TPSA) is 165 Å². The Bertz CT molecular complexity index is 1480. The van der Waals surface area contributed by atoms with Crippen molar-refractivity contribution in [3.05, 3.63) is 87.7 Å². The fraction of sp³-hybridized carbons (Fsp3) is 0.222. The van der Waals surface area contributed by atoms with Crippen LogP contribution in [0.25, 0.3) is 10.9 Å². The molecular formula is C27H29Cl2N7O2S. The minimum Gasteiger partial charge on any atom is -0.361 e. The predicted octanol–water partition coefficient (Wildman–Crippen LogP) is 3.11. The summed E-state index contributed by atoms with van der Waals surface area (Å²) in [7, 11) is 0. The van der Waals surface area contributed by atoms with Crippen LogP contribution >= 0.6 is 35.0 Å². The van der Waals surface area contributed by atoms with Gasteiger partial charge in [-0.2, -0.15) is 0 Å². The second-order valence-corrected chi connectivity index (χ2v) is 10.7. The summed E-state index contributed by atoms with van der Waals surface area (Å²) in [4.78, 5) is 34.4. The Morgan fingerprint density at radius 2 is 1.82 bits per heavy atom. The standard InChI is InChI=1S/C27H29Cl2N7O2S/c28-18-8-17(24(20(29)10-18)39-27-15(11-30)4-3-7-33-27)14-35-26(38)23(36-25(37)21(32)12-31)9-16-13-34-22-6-2-1-5-19(16)22/h1-8,10,13,21,23,34H,9,11-12,14,30-32H2,(H,35,38)(H,36,37)/t21-,23-/m0/s1. The van der Waals surface area contributed by atoms with Crippen LogP contribution in [-0.4, -0.2) is 40.4 Å². The van der Waals surface area contributed by atoms with Crippen LogP contribution in [0.4, 0.5) is 0 Å². The molecule has 39 heavy (non-hydrogen) atoms. The second-order valence-electron chi connectivity index (χ2n) is 8.83. The number of carbonyl (C=O) groups excluding carboxylic acids is 2. The van der Waals surface area contributed by atoms with E-state index in [1.807, 2.05) is 42.6 Å². The molecular weight excluding hydrogens is 557 g/mol. The first-order valence-corrected chi connectivity index (χ1v) is 13.8. The molecule has 2 atom stereocenters.